The third-order valence-electron chi connectivity index (χ3n) is 2.84. The molecule has 0 spiro atoms. The van der Waals surface area contributed by atoms with Crippen LogP contribution in [0.4, 0.5) is 5.69 Å². The molecule has 0 bridgehead atoms. The van der Waals surface area contributed by atoms with Crippen molar-refractivity contribution >= 4 is 57.4 Å². The van der Waals surface area contributed by atoms with Crippen molar-refractivity contribution in [2.45, 2.75) is 6.42 Å². The highest BCUT2D eigenvalue weighted by Crippen LogP contribution is 2.25. The number of carbonyl (C=O) groups excluding carboxylic acids is 3. The molecule has 1 atom stereocenters. The summed E-state index contributed by atoms with van der Waals surface area (Å²) < 4.78 is 24.5. The Kier molecular flexibility index (Phi) is 5.85. The van der Waals surface area contributed by atoms with Crippen LogP contribution >= 0.6 is 22.6 Å². The Morgan fingerprint density at radius 1 is 1.30 bits per heavy atom. The van der Waals surface area contributed by atoms with Gasteiger partial charge in [-0.15, -0.1) is 0 Å². The normalized spacial score (nSPS) is 15.0. The number of benzene rings is 1. The maximum absolute atomic E-state index is 11.9. The van der Waals surface area contributed by atoms with Gasteiger partial charge in [-0.25, -0.2) is 0 Å². The number of halogens is 1. The van der Waals surface area contributed by atoms with Crippen molar-refractivity contribution in [2.75, 3.05) is 11.9 Å². The minimum absolute atomic E-state index is 0.00171. The van der Waals surface area contributed by atoms with Gasteiger partial charge < -0.3 is 9.50 Å². The SMILES string of the molecule is O=C(CCN1C(=O)C=CC1=O)Nc1ccc(OS(=O)O)c(I)c1. The number of imide groups is 1. The number of amides is 3. The third kappa shape index (κ3) is 4.84. The first kappa shape index (κ1) is 17.6. The molecule has 10 heteroatoms. The van der Waals surface area contributed by atoms with Gasteiger partial charge in [-0.3, -0.25) is 23.8 Å². The van der Waals surface area contributed by atoms with Crippen molar-refractivity contribution in [3.8, 4) is 5.75 Å². The van der Waals surface area contributed by atoms with Gasteiger partial charge in [0.25, 0.3) is 11.8 Å². The molecule has 1 unspecified atom stereocenters. The second-order valence-corrected chi connectivity index (χ2v) is 6.17. The maximum atomic E-state index is 11.9. The van der Waals surface area contributed by atoms with Crippen LogP contribution in [0, 0.1) is 3.57 Å². The minimum atomic E-state index is -2.42. The monoisotopic (exact) mass is 450 g/mol. The van der Waals surface area contributed by atoms with E-state index in [1.165, 1.54) is 12.1 Å². The average molecular weight is 450 g/mol. The molecule has 122 valence electrons. The average Bonchev–Trinajstić information content (AvgIpc) is 2.78. The lowest BCUT2D eigenvalue weighted by Gasteiger charge is -2.13. The molecule has 0 saturated carbocycles. The summed E-state index contributed by atoms with van der Waals surface area (Å²) in [5.74, 6) is -1.02. The summed E-state index contributed by atoms with van der Waals surface area (Å²) in [6, 6.07) is 4.52. The van der Waals surface area contributed by atoms with Crippen LogP contribution < -0.4 is 9.50 Å². The molecule has 1 aliphatic rings. The zero-order valence-corrected chi connectivity index (χ0v) is 14.5. The van der Waals surface area contributed by atoms with Crippen molar-refractivity contribution in [2.24, 2.45) is 0 Å². The molecular weight excluding hydrogens is 439 g/mol. The summed E-state index contributed by atoms with van der Waals surface area (Å²) in [5, 5.41) is 2.61. The summed E-state index contributed by atoms with van der Waals surface area (Å²) in [6.07, 6.45) is 2.29. The molecule has 3 amide bonds. The van der Waals surface area contributed by atoms with Crippen LogP contribution in [-0.2, 0) is 25.7 Å². The molecule has 8 nitrogen and oxygen atoms in total. The van der Waals surface area contributed by atoms with E-state index in [2.05, 4.69) is 9.50 Å². The van der Waals surface area contributed by atoms with E-state index in [4.69, 9.17) is 4.55 Å². The van der Waals surface area contributed by atoms with E-state index < -0.39 is 23.2 Å². The molecule has 1 aromatic rings. The van der Waals surface area contributed by atoms with Gasteiger partial charge in [0.15, 0.2) is 5.75 Å². The summed E-state index contributed by atoms with van der Waals surface area (Å²) in [5.41, 5.74) is 0.465. The van der Waals surface area contributed by atoms with Crippen molar-refractivity contribution in [3.63, 3.8) is 0 Å². The molecule has 0 fully saturated rings. The first-order valence-corrected chi connectivity index (χ1v) is 8.40. The van der Waals surface area contributed by atoms with Gasteiger partial charge in [-0.1, -0.05) is 0 Å². The molecule has 2 N–H and O–H groups in total. The first-order valence-electron chi connectivity index (χ1n) is 6.29. The van der Waals surface area contributed by atoms with Crippen LogP contribution in [0.15, 0.2) is 30.4 Å². The molecule has 1 heterocycles. The number of hydrogen-bond donors (Lipinski definition) is 2. The first-order chi connectivity index (χ1) is 10.9. The topological polar surface area (TPSA) is 113 Å². The lowest BCUT2D eigenvalue weighted by Crippen LogP contribution is -2.33. The van der Waals surface area contributed by atoms with Gasteiger partial charge >= 0.3 is 11.4 Å². The highest BCUT2D eigenvalue weighted by atomic mass is 127. The Morgan fingerprint density at radius 3 is 2.52 bits per heavy atom. The van der Waals surface area contributed by atoms with Gasteiger partial charge in [0.2, 0.25) is 5.91 Å². The van der Waals surface area contributed by atoms with E-state index in [0.717, 1.165) is 17.1 Å². The third-order valence-corrected chi connectivity index (χ3v) is 4.00. The molecule has 0 aromatic heterocycles. The van der Waals surface area contributed by atoms with Gasteiger partial charge in [-0.05, 0) is 40.8 Å². The van der Waals surface area contributed by atoms with E-state index in [1.54, 1.807) is 6.07 Å². The summed E-state index contributed by atoms with van der Waals surface area (Å²) in [7, 11) is 0. The van der Waals surface area contributed by atoms with Crippen LogP contribution in [0.3, 0.4) is 0 Å². The van der Waals surface area contributed by atoms with Crippen LogP contribution in [-0.4, -0.2) is 37.9 Å². The minimum Gasteiger partial charge on any atom is -0.379 e. The number of anilines is 1. The van der Waals surface area contributed by atoms with E-state index in [9.17, 15) is 18.6 Å². The maximum Gasteiger partial charge on any atom is 0.357 e. The van der Waals surface area contributed by atoms with Gasteiger partial charge in [0.1, 0.15) is 0 Å². The Morgan fingerprint density at radius 2 is 1.96 bits per heavy atom. The van der Waals surface area contributed by atoms with Crippen LogP contribution in [0.5, 0.6) is 5.75 Å². The van der Waals surface area contributed by atoms with E-state index in [1.807, 2.05) is 22.6 Å². The number of carbonyl (C=O) groups is 3. The molecule has 1 aliphatic heterocycles. The number of nitrogens with one attached hydrogen (secondary N) is 1. The molecule has 0 radical (unpaired) electrons. The fraction of sp³-hybridized carbons (Fsp3) is 0.154. The van der Waals surface area contributed by atoms with Crippen LogP contribution in [0.25, 0.3) is 0 Å². The second-order valence-electron chi connectivity index (χ2n) is 4.41. The second kappa shape index (κ2) is 7.66. The number of nitrogens with zero attached hydrogens (tertiary/aromatic N) is 1. The zero-order valence-electron chi connectivity index (χ0n) is 11.5. The number of rotatable bonds is 6. The highest BCUT2D eigenvalue weighted by Gasteiger charge is 2.23. The number of hydrogen-bond acceptors (Lipinski definition) is 5. The molecule has 1 aromatic carbocycles. The summed E-state index contributed by atoms with van der Waals surface area (Å²) in [4.78, 5) is 35.5. The highest BCUT2D eigenvalue weighted by molar-refractivity contribution is 14.1. The lowest BCUT2D eigenvalue weighted by atomic mass is 10.3. The molecule has 0 saturated heterocycles. The molecule has 2 rings (SSSR count). The molecule has 23 heavy (non-hydrogen) atoms. The van der Waals surface area contributed by atoms with Gasteiger partial charge in [0.05, 0.1) is 3.57 Å². The van der Waals surface area contributed by atoms with Gasteiger partial charge in [0, 0.05) is 30.8 Å². The molecule has 0 aliphatic carbocycles. The zero-order chi connectivity index (χ0) is 17.0. The van der Waals surface area contributed by atoms with E-state index in [-0.39, 0.29) is 24.6 Å². The van der Waals surface area contributed by atoms with Crippen molar-refractivity contribution in [1.29, 1.82) is 0 Å². The predicted molar refractivity (Wildman–Crippen MR) is 89.7 cm³/mol. The largest absolute Gasteiger partial charge is 0.379 e. The van der Waals surface area contributed by atoms with Crippen molar-refractivity contribution < 1.29 is 27.3 Å². The van der Waals surface area contributed by atoms with Crippen LogP contribution in [0.2, 0.25) is 0 Å². The Bertz CT molecular complexity index is 702. The molecular formula is C13H11IN2O6S. The van der Waals surface area contributed by atoms with Crippen LogP contribution in [0.1, 0.15) is 6.42 Å². The smallest absolute Gasteiger partial charge is 0.357 e. The quantitative estimate of drug-likeness (QED) is 0.381. The Labute approximate surface area is 147 Å². The lowest BCUT2D eigenvalue weighted by molar-refractivity contribution is -0.137. The fourth-order valence-corrected chi connectivity index (χ4v) is 2.89. The standard InChI is InChI=1S/C13H11IN2O6S/c14-9-7-8(1-2-10(9)22-23(20)21)15-11(17)5-6-16-12(18)3-4-13(16)19/h1-4,7H,5-6H2,(H,15,17)(H,20,21). The summed E-state index contributed by atoms with van der Waals surface area (Å²) in [6.45, 7) is -0.00171. The van der Waals surface area contributed by atoms with Crippen molar-refractivity contribution in [1.82, 2.24) is 4.90 Å². The fourth-order valence-electron chi connectivity index (χ4n) is 1.81. The Hall–Kier alpha value is -1.79. The van der Waals surface area contributed by atoms with E-state index >= 15 is 0 Å². The summed E-state index contributed by atoms with van der Waals surface area (Å²) >= 11 is -0.527. The van der Waals surface area contributed by atoms with Crippen molar-refractivity contribution in [3.05, 3.63) is 33.9 Å². The predicted octanol–water partition coefficient (Wildman–Crippen LogP) is 1.06. The Balaban J connectivity index is 1.90. The van der Waals surface area contributed by atoms with E-state index in [0.29, 0.717) is 9.26 Å². The van der Waals surface area contributed by atoms with Gasteiger partial charge in [-0.2, -0.15) is 4.21 Å².